The van der Waals surface area contributed by atoms with Gasteiger partial charge in [0.25, 0.3) is 0 Å². The van der Waals surface area contributed by atoms with Gasteiger partial charge in [-0.25, -0.2) is 13.1 Å². The second-order valence-electron chi connectivity index (χ2n) is 5.65. The highest BCUT2D eigenvalue weighted by molar-refractivity contribution is 7.88. The first-order valence-electron chi connectivity index (χ1n) is 6.97. The minimum absolute atomic E-state index is 0.0242. The Hall–Kier alpha value is -1.38. The van der Waals surface area contributed by atoms with Gasteiger partial charge in [-0.1, -0.05) is 31.9 Å². The molecule has 108 valence electrons. The number of nitriles is 1. The van der Waals surface area contributed by atoms with Gasteiger partial charge < -0.3 is 0 Å². The van der Waals surface area contributed by atoms with Gasteiger partial charge in [-0.3, -0.25) is 0 Å². The summed E-state index contributed by atoms with van der Waals surface area (Å²) < 4.78 is 27.1. The lowest BCUT2D eigenvalue weighted by atomic mass is 9.88. The van der Waals surface area contributed by atoms with Crippen molar-refractivity contribution in [2.45, 2.75) is 44.4 Å². The van der Waals surface area contributed by atoms with Gasteiger partial charge in [-0.15, -0.1) is 0 Å². The Labute approximate surface area is 120 Å². The standard InChI is InChI=1S/C15H20N2O2S/c1-12-3-2-4-15(9-12)17-20(18,19)11-14-7-5-13(10-16)6-8-14/h5-8,12,15,17H,2-4,9,11H2,1H3. The summed E-state index contributed by atoms with van der Waals surface area (Å²) in [6, 6.07) is 8.78. The van der Waals surface area contributed by atoms with E-state index in [-0.39, 0.29) is 11.8 Å². The van der Waals surface area contributed by atoms with E-state index in [1.807, 2.05) is 6.07 Å². The fourth-order valence-corrected chi connectivity index (χ4v) is 4.17. The highest BCUT2D eigenvalue weighted by Gasteiger charge is 2.23. The van der Waals surface area contributed by atoms with E-state index in [0.717, 1.165) is 19.3 Å². The number of hydrogen-bond acceptors (Lipinski definition) is 3. The first-order chi connectivity index (χ1) is 9.48. The number of rotatable bonds is 4. The van der Waals surface area contributed by atoms with Crippen molar-refractivity contribution in [3.05, 3.63) is 35.4 Å². The lowest BCUT2D eigenvalue weighted by Gasteiger charge is -2.27. The quantitative estimate of drug-likeness (QED) is 0.927. The van der Waals surface area contributed by atoms with Crippen LogP contribution >= 0.6 is 0 Å². The molecule has 5 heteroatoms. The monoisotopic (exact) mass is 292 g/mol. The minimum Gasteiger partial charge on any atom is -0.212 e. The smallest absolute Gasteiger partial charge is 0.212 e. The molecule has 1 aliphatic carbocycles. The van der Waals surface area contributed by atoms with E-state index in [4.69, 9.17) is 5.26 Å². The summed E-state index contributed by atoms with van der Waals surface area (Å²) in [5.74, 6) is 0.565. The summed E-state index contributed by atoms with van der Waals surface area (Å²) in [7, 11) is -3.31. The van der Waals surface area contributed by atoms with Crippen molar-refractivity contribution >= 4 is 10.0 Å². The van der Waals surface area contributed by atoms with Crippen LogP contribution in [0.5, 0.6) is 0 Å². The van der Waals surface area contributed by atoms with Crippen LogP contribution in [0, 0.1) is 17.2 Å². The molecule has 0 amide bonds. The number of benzene rings is 1. The molecular weight excluding hydrogens is 272 g/mol. The van der Waals surface area contributed by atoms with Crippen LogP contribution in [0.2, 0.25) is 0 Å². The van der Waals surface area contributed by atoms with Crippen molar-refractivity contribution < 1.29 is 8.42 Å². The first kappa shape index (κ1) is 15.0. The summed E-state index contributed by atoms with van der Waals surface area (Å²) in [6.07, 6.45) is 4.13. The maximum Gasteiger partial charge on any atom is 0.216 e. The third-order valence-electron chi connectivity index (χ3n) is 3.72. The fraction of sp³-hybridized carbons (Fsp3) is 0.533. The Morgan fingerprint density at radius 3 is 2.60 bits per heavy atom. The zero-order chi connectivity index (χ0) is 14.6. The van der Waals surface area contributed by atoms with Crippen LogP contribution in [0.25, 0.3) is 0 Å². The molecule has 2 atom stereocenters. The van der Waals surface area contributed by atoms with Gasteiger partial charge in [0.2, 0.25) is 10.0 Å². The molecule has 1 saturated carbocycles. The molecule has 1 N–H and O–H groups in total. The molecule has 4 nitrogen and oxygen atoms in total. The van der Waals surface area contributed by atoms with Gasteiger partial charge in [0.15, 0.2) is 0 Å². The van der Waals surface area contributed by atoms with Crippen molar-refractivity contribution in [3.63, 3.8) is 0 Å². The van der Waals surface area contributed by atoms with E-state index in [2.05, 4.69) is 11.6 Å². The Kier molecular flexibility index (Phi) is 4.79. The lowest BCUT2D eigenvalue weighted by molar-refractivity contribution is 0.327. The molecule has 2 rings (SSSR count). The molecule has 1 fully saturated rings. The molecule has 1 aromatic rings. The third kappa shape index (κ3) is 4.32. The SMILES string of the molecule is CC1CCCC(NS(=O)(=O)Cc2ccc(C#N)cc2)C1. The van der Waals surface area contributed by atoms with Crippen molar-refractivity contribution in [3.8, 4) is 6.07 Å². The van der Waals surface area contributed by atoms with E-state index >= 15 is 0 Å². The second kappa shape index (κ2) is 6.38. The van der Waals surface area contributed by atoms with Crippen LogP contribution in [0.4, 0.5) is 0 Å². The summed E-state index contributed by atoms with van der Waals surface area (Å²) >= 11 is 0. The van der Waals surface area contributed by atoms with E-state index < -0.39 is 10.0 Å². The zero-order valence-electron chi connectivity index (χ0n) is 11.7. The maximum atomic E-state index is 12.2. The molecule has 0 bridgehead atoms. The van der Waals surface area contributed by atoms with Crippen LogP contribution in [-0.4, -0.2) is 14.5 Å². The molecule has 0 aliphatic heterocycles. The van der Waals surface area contributed by atoms with Crippen LogP contribution in [0.1, 0.15) is 43.7 Å². The van der Waals surface area contributed by atoms with Crippen LogP contribution in [0.15, 0.2) is 24.3 Å². The van der Waals surface area contributed by atoms with Crippen LogP contribution in [-0.2, 0) is 15.8 Å². The summed E-state index contributed by atoms with van der Waals surface area (Å²) in [5, 5.41) is 8.72. The number of nitrogens with one attached hydrogen (secondary N) is 1. The highest BCUT2D eigenvalue weighted by Crippen LogP contribution is 2.24. The van der Waals surface area contributed by atoms with Crippen molar-refractivity contribution in [1.82, 2.24) is 4.72 Å². The Morgan fingerprint density at radius 2 is 2.00 bits per heavy atom. The van der Waals surface area contributed by atoms with E-state index in [0.29, 0.717) is 17.0 Å². The molecule has 0 radical (unpaired) electrons. The maximum absolute atomic E-state index is 12.2. The number of hydrogen-bond donors (Lipinski definition) is 1. The average molecular weight is 292 g/mol. The van der Waals surface area contributed by atoms with Crippen molar-refractivity contribution in [2.75, 3.05) is 0 Å². The van der Waals surface area contributed by atoms with Crippen molar-refractivity contribution in [1.29, 1.82) is 5.26 Å². The molecule has 20 heavy (non-hydrogen) atoms. The van der Waals surface area contributed by atoms with Gasteiger partial charge in [0.1, 0.15) is 0 Å². The molecule has 1 aliphatic rings. The lowest BCUT2D eigenvalue weighted by Crippen LogP contribution is -2.38. The Balaban J connectivity index is 1.98. The Bertz CT molecular complexity index is 587. The zero-order valence-corrected chi connectivity index (χ0v) is 12.5. The normalized spacial score (nSPS) is 23.2. The van der Waals surface area contributed by atoms with E-state index in [9.17, 15) is 8.42 Å². The second-order valence-corrected chi connectivity index (χ2v) is 7.41. The summed E-state index contributed by atoms with van der Waals surface area (Å²) in [4.78, 5) is 0. The molecule has 2 unspecified atom stereocenters. The van der Waals surface area contributed by atoms with Gasteiger partial charge in [0, 0.05) is 6.04 Å². The third-order valence-corrected chi connectivity index (χ3v) is 5.13. The fourth-order valence-electron chi connectivity index (χ4n) is 2.73. The molecular formula is C15H20N2O2S. The van der Waals surface area contributed by atoms with Gasteiger partial charge in [-0.05, 0) is 36.5 Å². The average Bonchev–Trinajstić information content (AvgIpc) is 2.38. The minimum atomic E-state index is -3.31. The molecule has 1 aromatic carbocycles. The highest BCUT2D eigenvalue weighted by atomic mass is 32.2. The van der Waals surface area contributed by atoms with Crippen molar-refractivity contribution in [2.24, 2.45) is 5.92 Å². The molecule has 0 heterocycles. The van der Waals surface area contributed by atoms with Crippen LogP contribution < -0.4 is 4.72 Å². The Morgan fingerprint density at radius 1 is 1.30 bits per heavy atom. The van der Waals surface area contributed by atoms with E-state index in [1.54, 1.807) is 24.3 Å². The summed E-state index contributed by atoms with van der Waals surface area (Å²) in [5.41, 5.74) is 1.25. The number of nitrogens with zero attached hydrogens (tertiary/aromatic N) is 1. The largest absolute Gasteiger partial charge is 0.216 e. The molecule has 0 aromatic heterocycles. The predicted molar refractivity (Wildman–Crippen MR) is 78.3 cm³/mol. The van der Waals surface area contributed by atoms with Gasteiger partial charge in [0.05, 0.1) is 17.4 Å². The predicted octanol–water partition coefficient (Wildman–Crippen LogP) is 2.56. The molecule has 0 saturated heterocycles. The van der Waals surface area contributed by atoms with Crippen LogP contribution in [0.3, 0.4) is 0 Å². The number of sulfonamides is 1. The van der Waals surface area contributed by atoms with Gasteiger partial charge in [-0.2, -0.15) is 5.26 Å². The van der Waals surface area contributed by atoms with E-state index in [1.165, 1.54) is 6.42 Å². The first-order valence-corrected chi connectivity index (χ1v) is 8.63. The van der Waals surface area contributed by atoms with Gasteiger partial charge >= 0.3 is 0 Å². The topological polar surface area (TPSA) is 70.0 Å². The summed E-state index contributed by atoms with van der Waals surface area (Å²) in [6.45, 7) is 2.17. The molecule has 0 spiro atoms.